The van der Waals surface area contributed by atoms with Gasteiger partial charge < -0.3 is 4.98 Å². The Morgan fingerprint density at radius 3 is 2.91 bits per heavy atom. The lowest BCUT2D eigenvalue weighted by Gasteiger charge is -2.06. The molecular formula is C15H11BrN6O. The van der Waals surface area contributed by atoms with Crippen LogP contribution in [0.2, 0.25) is 0 Å². The number of fused-ring (bicyclic) bond motifs is 2. The fourth-order valence-electron chi connectivity index (χ4n) is 2.53. The largest absolute Gasteiger partial charge is 0.331 e. The van der Waals surface area contributed by atoms with Gasteiger partial charge in [0.2, 0.25) is 0 Å². The van der Waals surface area contributed by atoms with Gasteiger partial charge in [-0.05, 0) is 28.9 Å². The maximum atomic E-state index is 12.4. The summed E-state index contributed by atoms with van der Waals surface area (Å²) in [6, 6.07) is 7.79. The molecule has 0 radical (unpaired) electrons. The van der Waals surface area contributed by atoms with Crippen molar-refractivity contribution >= 4 is 37.9 Å². The number of aromatic amines is 1. The van der Waals surface area contributed by atoms with Crippen molar-refractivity contribution < 1.29 is 0 Å². The number of H-pyrrole nitrogens is 1. The molecule has 0 amide bonds. The molecule has 3 heterocycles. The molecule has 3 aromatic heterocycles. The number of rotatable bonds is 2. The third-order valence-corrected chi connectivity index (χ3v) is 3.97. The third kappa shape index (κ3) is 2.40. The SMILES string of the molecule is Cc1nc(Cn2ncc3[nH]c(Br)nc3c2=O)nc2ccccc12. The molecule has 7 nitrogen and oxygen atoms in total. The van der Waals surface area contributed by atoms with Crippen molar-refractivity contribution in [3.8, 4) is 0 Å². The van der Waals surface area contributed by atoms with E-state index in [1.807, 2.05) is 31.2 Å². The van der Waals surface area contributed by atoms with E-state index in [1.54, 1.807) is 6.20 Å². The smallest absolute Gasteiger partial charge is 0.295 e. The number of hydrogen-bond acceptors (Lipinski definition) is 5. The van der Waals surface area contributed by atoms with Gasteiger partial charge in [0.05, 0.1) is 17.2 Å². The van der Waals surface area contributed by atoms with Gasteiger partial charge in [-0.1, -0.05) is 18.2 Å². The summed E-state index contributed by atoms with van der Waals surface area (Å²) in [6.45, 7) is 2.13. The highest BCUT2D eigenvalue weighted by molar-refractivity contribution is 9.10. The van der Waals surface area contributed by atoms with Crippen LogP contribution in [0.4, 0.5) is 0 Å². The van der Waals surface area contributed by atoms with E-state index >= 15 is 0 Å². The first-order chi connectivity index (χ1) is 11.1. The number of nitrogens with zero attached hydrogens (tertiary/aromatic N) is 5. The van der Waals surface area contributed by atoms with Crippen LogP contribution in [0.15, 0.2) is 40.0 Å². The first-order valence-corrected chi connectivity index (χ1v) is 7.75. The minimum atomic E-state index is -0.279. The molecule has 4 aromatic rings. The molecule has 114 valence electrons. The van der Waals surface area contributed by atoms with Crippen molar-refractivity contribution in [1.29, 1.82) is 0 Å². The Hall–Kier alpha value is -2.61. The van der Waals surface area contributed by atoms with Crippen LogP contribution in [-0.2, 0) is 6.54 Å². The fourth-order valence-corrected chi connectivity index (χ4v) is 2.92. The summed E-state index contributed by atoms with van der Waals surface area (Å²) in [5.74, 6) is 0.546. The molecule has 0 bridgehead atoms. The van der Waals surface area contributed by atoms with Gasteiger partial charge in [0.25, 0.3) is 5.56 Å². The molecule has 23 heavy (non-hydrogen) atoms. The van der Waals surface area contributed by atoms with E-state index in [9.17, 15) is 4.79 Å². The number of benzene rings is 1. The molecule has 8 heteroatoms. The zero-order valence-corrected chi connectivity index (χ0v) is 13.7. The standard InChI is InChI=1S/C15H11BrN6O/c1-8-9-4-2-3-5-10(9)19-12(18-8)7-22-14(23)13-11(6-17-22)20-15(16)21-13/h2-6H,7H2,1H3,(H,20,21). The zero-order chi connectivity index (χ0) is 16.0. The minimum absolute atomic E-state index is 0.199. The lowest BCUT2D eigenvalue weighted by atomic mass is 10.2. The van der Waals surface area contributed by atoms with Gasteiger partial charge in [0, 0.05) is 11.1 Å². The molecule has 0 aliphatic heterocycles. The molecule has 0 unspecified atom stereocenters. The number of hydrogen-bond donors (Lipinski definition) is 1. The molecule has 1 N–H and O–H groups in total. The Kier molecular flexibility index (Phi) is 3.19. The number of nitrogens with one attached hydrogen (secondary N) is 1. The lowest BCUT2D eigenvalue weighted by molar-refractivity contribution is 0.621. The summed E-state index contributed by atoms with van der Waals surface area (Å²) >= 11 is 3.22. The number of aryl methyl sites for hydroxylation is 1. The van der Waals surface area contributed by atoms with Crippen molar-refractivity contribution in [2.45, 2.75) is 13.5 Å². The summed E-state index contributed by atoms with van der Waals surface area (Å²) < 4.78 is 1.82. The predicted octanol–water partition coefficient (Wildman–Crippen LogP) is 2.18. The Balaban J connectivity index is 1.81. The Morgan fingerprint density at radius 2 is 2.04 bits per heavy atom. The molecule has 0 saturated heterocycles. The van der Waals surface area contributed by atoms with Crippen LogP contribution in [0.5, 0.6) is 0 Å². The molecule has 0 fully saturated rings. The molecule has 0 atom stereocenters. The zero-order valence-electron chi connectivity index (χ0n) is 12.1. The lowest BCUT2D eigenvalue weighted by Crippen LogP contribution is -2.24. The Bertz CT molecular complexity index is 1100. The molecule has 0 saturated carbocycles. The first-order valence-electron chi connectivity index (χ1n) is 6.95. The summed E-state index contributed by atoms with van der Waals surface area (Å²) in [6.07, 6.45) is 1.57. The second-order valence-corrected chi connectivity index (χ2v) is 5.89. The van der Waals surface area contributed by atoms with Crippen molar-refractivity contribution in [2.24, 2.45) is 0 Å². The van der Waals surface area contributed by atoms with Gasteiger partial charge in [-0.15, -0.1) is 0 Å². The van der Waals surface area contributed by atoms with E-state index in [-0.39, 0.29) is 12.1 Å². The third-order valence-electron chi connectivity index (χ3n) is 3.60. The summed E-state index contributed by atoms with van der Waals surface area (Å²) in [7, 11) is 0. The average Bonchev–Trinajstić information content (AvgIpc) is 2.92. The average molecular weight is 371 g/mol. The highest BCUT2D eigenvalue weighted by atomic mass is 79.9. The highest BCUT2D eigenvalue weighted by Gasteiger charge is 2.11. The molecular weight excluding hydrogens is 360 g/mol. The van der Waals surface area contributed by atoms with Crippen LogP contribution in [0.3, 0.4) is 0 Å². The quantitative estimate of drug-likeness (QED) is 0.584. The van der Waals surface area contributed by atoms with Crippen molar-refractivity contribution in [1.82, 2.24) is 29.7 Å². The fraction of sp³-hybridized carbons (Fsp3) is 0.133. The van der Waals surface area contributed by atoms with Crippen LogP contribution >= 0.6 is 15.9 Å². The summed E-state index contributed by atoms with van der Waals surface area (Å²) in [4.78, 5) is 28.5. The molecule has 0 aliphatic carbocycles. The van der Waals surface area contributed by atoms with E-state index in [2.05, 4.69) is 41.0 Å². The van der Waals surface area contributed by atoms with E-state index < -0.39 is 0 Å². The van der Waals surface area contributed by atoms with Gasteiger partial charge in [-0.3, -0.25) is 4.79 Å². The molecule has 0 spiro atoms. The highest BCUT2D eigenvalue weighted by Crippen LogP contribution is 2.15. The molecule has 0 aliphatic rings. The van der Waals surface area contributed by atoms with E-state index in [0.29, 0.717) is 21.6 Å². The van der Waals surface area contributed by atoms with E-state index in [4.69, 9.17) is 0 Å². The molecule has 1 aromatic carbocycles. The monoisotopic (exact) mass is 370 g/mol. The maximum absolute atomic E-state index is 12.4. The van der Waals surface area contributed by atoms with Gasteiger partial charge in [-0.25, -0.2) is 19.6 Å². The topological polar surface area (TPSA) is 89.4 Å². The number of para-hydroxylation sites is 1. The van der Waals surface area contributed by atoms with Crippen molar-refractivity contribution in [2.75, 3.05) is 0 Å². The van der Waals surface area contributed by atoms with Crippen molar-refractivity contribution in [3.63, 3.8) is 0 Å². The normalized spacial score (nSPS) is 11.4. The van der Waals surface area contributed by atoms with Gasteiger partial charge in [-0.2, -0.15) is 5.10 Å². The first kappa shape index (κ1) is 14.0. The second-order valence-electron chi connectivity index (χ2n) is 5.14. The number of halogens is 1. The molecule has 4 rings (SSSR count). The Labute approximate surface area is 138 Å². The number of imidazole rings is 1. The predicted molar refractivity (Wildman–Crippen MR) is 89.2 cm³/mol. The van der Waals surface area contributed by atoms with E-state index in [1.165, 1.54) is 4.68 Å². The second kappa shape index (κ2) is 5.24. The van der Waals surface area contributed by atoms with E-state index in [0.717, 1.165) is 16.6 Å². The maximum Gasteiger partial charge on any atom is 0.295 e. The van der Waals surface area contributed by atoms with Gasteiger partial charge in [0.15, 0.2) is 16.1 Å². The van der Waals surface area contributed by atoms with Crippen LogP contribution in [-0.4, -0.2) is 29.7 Å². The van der Waals surface area contributed by atoms with Crippen molar-refractivity contribution in [3.05, 3.63) is 57.1 Å². The number of aromatic nitrogens is 6. The van der Waals surface area contributed by atoms with Gasteiger partial charge in [0.1, 0.15) is 6.54 Å². The van der Waals surface area contributed by atoms with Crippen LogP contribution in [0.25, 0.3) is 21.9 Å². The Morgan fingerprint density at radius 1 is 1.22 bits per heavy atom. The summed E-state index contributed by atoms with van der Waals surface area (Å²) in [5.41, 5.74) is 2.38. The van der Waals surface area contributed by atoms with Gasteiger partial charge >= 0.3 is 0 Å². The van der Waals surface area contributed by atoms with Crippen LogP contribution in [0, 0.1) is 6.92 Å². The van der Waals surface area contributed by atoms with Crippen LogP contribution in [0.1, 0.15) is 11.5 Å². The summed E-state index contributed by atoms with van der Waals surface area (Å²) in [5, 5.41) is 5.16. The van der Waals surface area contributed by atoms with Crippen LogP contribution < -0.4 is 5.56 Å². The minimum Gasteiger partial charge on any atom is -0.331 e.